The van der Waals surface area contributed by atoms with Gasteiger partial charge in [-0.3, -0.25) is 9.48 Å². The zero-order valence-electron chi connectivity index (χ0n) is 12.4. The Hall–Kier alpha value is -2.30. The van der Waals surface area contributed by atoms with Gasteiger partial charge in [0.15, 0.2) is 0 Å². The van der Waals surface area contributed by atoms with E-state index >= 15 is 0 Å². The molecule has 0 aliphatic heterocycles. The van der Waals surface area contributed by atoms with Gasteiger partial charge < -0.3 is 11.1 Å². The van der Waals surface area contributed by atoms with Crippen molar-refractivity contribution < 1.29 is 4.79 Å². The molecule has 0 saturated carbocycles. The van der Waals surface area contributed by atoms with E-state index in [1.54, 1.807) is 14.0 Å². The first-order chi connectivity index (χ1) is 10.1. The number of nitrogens with zero attached hydrogens (tertiary/aromatic N) is 2. The minimum atomic E-state index is -0.199. The second-order valence-electron chi connectivity index (χ2n) is 5.58. The largest absolute Gasteiger partial charge is 0.395 e. The third-order valence-corrected chi connectivity index (χ3v) is 4.13. The molecule has 0 unspecified atom stereocenters. The molecule has 1 aliphatic carbocycles. The average molecular weight is 284 g/mol. The van der Waals surface area contributed by atoms with Crippen molar-refractivity contribution in [3.63, 3.8) is 0 Å². The van der Waals surface area contributed by atoms with Crippen LogP contribution in [-0.4, -0.2) is 15.7 Å². The fourth-order valence-electron chi connectivity index (χ4n) is 3.02. The van der Waals surface area contributed by atoms with Crippen LogP contribution in [0, 0.1) is 6.92 Å². The highest BCUT2D eigenvalue weighted by molar-refractivity contribution is 6.07. The predicted octanol–water partition coefficient (Wildman–Crippen LogP) is 2.44. The van der Waals surface area contributed by atoms with Gasteiger partial charge in [-0.25, -0.2) is 0 Å². The molecule has 0 atom stereocenters. The summed E-state index contributed by atoms with van der Waals surface area (Å²) in [6.07, 6.45) is 4.50. The zero-order chi connectivity index (χ0) is 15.0. The number of anilines is 2. The molecular weight excluding hydrogens is 264 g/mol. The predicted molar refractivity (Wildman–Crippen MR) is 83.4 cm³/mol. The lowest BCUT2D eigenvalue weighted by molar-refractivity contribution is 0.101. The summed E-state index contributed by atoms with van der Waals surface area (Å²) in [5.41, 5.74) is 11.0. The third-order valence-electron chi connectivity index (χ3n) is 4.13. The van der Waals surface area contributed by atoms with Gasteiger partial charge in [0.2, 0.25) is 0 Å². The van der Waals surface area contributed by atoms with E-state index in [0.29, 0.717) is 17.1 Å². The number of benzene rings is 1. The smallest absolute Gasteiger partial charge is 0.276 e. The van der Waals surface area contributed by atoms with Crippen LogP contribution in [-0.2, 0) is 19.9 Å². The fraction of sp³-hybridized carbons (Fsp3) is 0.375. The summed E-state index contributed by atoms with van der Waals surface area (Å²) in [4.78, 5) is 12.5. The molecule has 0 radical (unpaired) electrons. The number of nitrogens with two attached hydrogens (primary N) is 1. The Morgan fingerprint density at radius 3 is 2.81 bits per heavy atom. The Morgan fingerprint density at radius 2 is 2.10 bits per heavy atom. The highest BCUT2D eigenvalue weighted by Gasteiger charge is 2.20. The van der Waals surface area contributed by atoms with Crippen molar-refractivity contribution in [2.45, 2.75) is 32.6 Å². The molecule has 2 aromatic rings. The SMILES string of the molecule is Cc1nn(C)c(C(=O)Nc2cccc3c2CCCC3)c1N. The van der Waals surface area contributed by atoms with Gasteiger partial charge in [-0.05, 0) is 49.8 Å². The standard InChI is InChI=1S/C16H20N4O/c1-10-14(17)15(20(2)19-10)16(21)18-13-9-5-7-11-6-3-4-8-12(11)13/h5,7,9H,3-4,6,8,17H2,1-2H3,(H,18,21). The maximum Gasteiger partial charge on any atom is 0.276 e. The van der Waals surface area contributed by atoms with Crippen LogP contribution in [0.3, 0.4) is 0 Å². The topological polar surface area (TPSA) is 72.9 Å². The van der Waals surface area contributed by atoms with Crippen molar-refractivity contribution in [1.82, 2.24) is 9.78 Å². The van der Waals surface area contributed by atoms with Crippen LogP contribution < -0.4 is 11.1 Å². The van der Waals surface area contributed by atoms with Crippen molar-refractivity contribution in [3.05, 3.63) is 40.7 Å². The van der Waals surface area contributed by atoms with E-state index in [1.807, 2.05) is 12.1 Å². The van der Waals surface area contributed by atoms with Crippen LogP contribution >= 0.6 is 0 Å². The fourth-order valence-corrected chi connectivity index (χ4v) is 3.02. The molecule has 1 aliphatic rings. The Kier molecular flexibility index (Phi) is 3.41. The van der Waals surface area contributed by atoms with E-state index in [0.717, 1.165) is 18.5 Å². The van der Waals surface area contributed by atoms with Crippen molar-refractivity contribution in [3.8, 4) is 0 Å². The molecule has 0 saturated heterocycles. The van der Waals surface area contributed by atoms with Gasteiger partial charge in [0.1, 0.15) is 5.69 Å². The van der Waals surface area contributed by atoms with Gasteiger partial charge in [-0.1, -0.05) is 12.1 Å². The Labute approximate surface area is 124 Å². The first-order valence-corrected chi connectivity index (χ1v) is 7.29. The summed E-state index contributed by atoms with van der Waals surface area (Å²) >= 11 is 0. The zero-order valence-corrected chi connectivity index (χ0v) is 12.4. The molecule has 21 heavy (non-hydrogen) atoms. The minimum absolute atomic E-state index is 0.199. The van der Waals surface area contributed by atoms with E-state index in [9.17, 15) is 4.79 Å². The summed E-state index contributed by atoms with van der Waals surface area (Å²) in [6.45, 7) is 1.80. The molecule has 110 valence electrons. The molecule has 3 rings (SSSR count). The van der Waals surface area contributed by atoms with E-state index in [4.69, 9.17) is 5.73 Å². The highest BCUT2D eigenvalue weighted by Crippen LogP contribution is 2.28. The Morgan fingerprint density at radius 1 is 1.33 bits per heavy atom. The first kappa shape index (κ1) is 13.7. The number of aromatic nitrogens is 2. The van der Waals surface area contributed by atoms with E-state index in [2.05, 4.69) is 16.5 Å². The van der Waals surface area contributed by atoms with Gasteiger partial charge in [-0.2, -0.15) is 5.10 Å². The highest BCUT2D eigenvalue weighted by atomic mass is 16.2. The molecular formula is C16H20N4O. The van der Waals surface area contributed by atoms with Crippen LogP contribution in [0.25, 0.3) is 0 Å². The molecule has 1 amide bonds. The summed E-state index contributed by atoms with van der Waals surface area (Å²) in [5, 5.41) is 7.19. The molecule has 0 fully saturated rings. The number of nitrogen functional groups attached to an aromatic ring is 1. The lowest BCUT2D eigenvalue weighted by Gasteiger charge is -2.19. The van der Waals surface area contributed by atoms with Gasteiger partial charge >= 0.3 is 0 Å². The average Bonchev–Trinajstić information content (AvgIpc) is 2.72. The Bertz CT molecular complexity index is 703. The lowest BCUT2D eigenvalue weighted by atomic mass is 9.90. The molecule has 1 aromatic carbocycles. The van der Waals surface area contributed by atoms with E-state index < -0.39 is 0 Å². The van der Waals surface area contributed by atoms with E-state index in [-0.39, 0.29) is 5.91 Å². The van der Waals surface area contributed by atoms with Crippen LogP contribution in [0.4, 0.5) is 11.4 Å². The molecule has 1 aromatic heterocycles. The van der Waals surface area contributed by atoms with Crippen LogP contribution in [0.15, 0.2) is 18.2 Å². The lowest BCUT2D eigenvalue weighted by Crippen LogP contribution is -2.19. The van der Waals surface area contributed by atoms with Crippen LogP contribution in [0.5, 0.6) is 0 Å². The first-order valence-electron chi connectivity index (χ1n) is 7.29. The number of nitrogens with one attached hydrogen (secondary N) is 1. The van der Waals surface area contributed by atoms with Gasteiger partial charge in [0.25, 0.3) is 5.91 Å². The maximum atomic E-state index is 12.5. The number of hydrogen-bond acceptors (Lipinski definition) is 3. The number of rotatable bonds is 2. The number of aryl methyl sites for hydroxylation is 3. The second-order valence-corrected chi connectivity index (χ2v) is 5.58. The van der Waals surface area contributed by atoms with Crippen LogP contribution in [0.1, 0.15) is 40.2 Å². The normalized spacial score (nSPS) is 13.8. The monoisotopic (exact) mass is 284 g/mol. The molecule has 0 bridgehead atoms. The number of amides is 1. The second kappa shape index (κ2) is 5.24. The quantitative estimate of drug-likeness (QED) is 0.889. The van der Waals surface area contributed by atoms with Crippen molar-refractivity contribution in [2.75, 3.05) is 11.1 Å². The Balaban J connectivity index is 1.92. The van der Waals surface area contributed by atoms with Crippen molar-refractivity contribution in [2.24, 2.45) is 7.05 Å². The van der Waals surface area contributed by atoms with E-state index in [1.165, 1.54) is 28.7 Å². The van der Waals surface area contributed by atoms with Gasteiger partial charge in [0.05, 0.1) is 11.4 Å². The summed E-state index contributed by atoms with van der Waals surface area (Å²) < 4.78 is 1.54. The number of fused-ring (bicyclic) bond motifs is 1. The molecule has 1 heterocycles. The van der Waals surface area contributed by atoms with Crippen molar-refractivity contribution >= 4 is 17.3 Å². The molecule has 5 heteroatoms. The summed E-state index contributed by atoms with van der Waals surface area (Å²) in [7, 11) is 1.73. The van der Waals surface area contributed by atoms with Crippen LogP contribution in [0.2, 0.25) is 0 Å². The molecule has 3 N–H and O–H groups in total. The molecule has 5 nitrogen and oxygen atoms in total. The number of hydrogen-bond donors (Lipinski definition) is 2. The number of carbonyl (C=O) groups excluding carboxylic acids is 1. The maximum absolute atomic E-state index is 12.5. The third kappa shape index (κ3) is 2.39. The van der Waals surface area contributed by atoms with Crippen molar-refractivity contribution in [1.29, 1.82) is 0 Å². The van der Waals surface area contributed by atoms with Gasteiger partial charge in [-0.15, -0.1) is 0 Å². The molecule has 0 spiro atoms. The summed E-state index contributed by atoms with van der Waals surface area (Å²) in [6, 6.07) is 6.10. The van der Waals surface area contributed by atoms with Gasteiger partial charge in [0, 0.05) is 12.7 Å². The number of carbonyl (C=O) groups is 1. The minimum Gasteiger partial charge on any atom is -0.395 e. The summed E-state index contributed by atoms with van der Waals surface area (Å²) in [5.74, 6) is -0.199.